The number of halogens is 1. The lowest BCUT2D eigenvalue weighted by Crippen LogP contribution is -2.37. The molecule has 0 bridgehead atoms. The van der Waals surface area contributed by atoms with Gasteiger partial charge in [0, 0.05) is 43.8 Å². The molecule has 0 atom stereocenters. The molecule has 0 fully saturated rings. The van der Waals surface area contributed by atoms with Crippen molar-refractivity contribution < 1.29 is 13.9 Å². The zero-order valence-corrected chi connectivity index (χ0v) is 17.8. The number of hydrogen-bond donors (Lipinski definition) is 0. The quantitative estimate of drug-likeness (QED) is 0.468. The number of carbonyl (C=O) groups excluding carboxylic acids is 1. The molecule has 0 saturated heterocycles. The number of aryl methyl sites for hydroxylation is 2. The number of benzene rings is 2. The number of rotatable bonds is 5. The van der Waals surface area contributed by atoms with Crippen molar-refractivity contribution in [3.05, 3.63) is 89.1 Å². The van der Waals surface area contributed by atoms with Gasteiger partial charge in [-0.05, 0) is 55.3 Å². The van der Waals surface area contributed by atoms with Crippen molar-refractivity contribution in [2.75, 3.05) is 6.54 Å². The Balaban J connectivity index is 1.22. The molecule has 1 amide bonds. The van der Waals surface area contributed by atoms with E-state index in [4.69, 9.17) is 4.74 Å². The maximum absolute atomic E-state index is 13.1. The van der Waals surface area contributed by atoms with Crippen LogP contribution in [0.2, 0.25) is 0 Å². The van der Waals surface area contributed by atoms with Crippen LogP contribution in [-0.2, 0) is 24.2 Å². The van der Waals surface area contributed by atoms with E-state index in [1.807, 2.05) is 52.9 Å². The summed E-state index contributed by atoms with van der Waals surface area (Å²) < 4.78 is 20.8. The Morgan fingerprint density at radius 2 is 1.97 bits per heavy atom. The highest BCUT2D eigenvalue weighted by molar-refractivity contribution is 5.76. The van der Waals surface area contributed by atoms with Crippen LogP contribution < -0.4 is 4.74 Å². The van der Waals surface area contributed by atoms with E-state index in [-0.39, 0.29) is 11.7 Å². The van der Waals surface area contributed by atoms with Crippen molar-refractivity contribution in [1.29, 1.82) is 0 Å². The van der Waals surface area contributed by atoms with Gasteiger partial charge in [-0.15, -0.1) is 0 Å². The first-order chi connectivity index (χ1) is 15.5. The van der Waals surface area contributed by atoms with Gasteiger partial charge in [-0.1, -0.05) is 12.1 Å². The van der Waals surface area contributed by atoms with Crippen molar-refractivity contribution in [2.45, 2.75) is 32.7 Å². The Morgan fingerprint density at radius 1 is 1.12 bits per heavy atom. The van der Waals surface area contributed by atoms with Crippen LogP contribution in [0.1, 0.15) is 28.9 Å². The monoisotopic (exact) mass is 430 g/mol. The van der Waals surface area contributed by atoms with Crippen LogP contribution >= 0.6 is 0 Å². The van der Waals surface area contributed by atoms with Gasteiger partial charge in [0.05, 0.1) is 11.4 Å². The van der Waals surface area contributed by atoms with Crippen molar-refractivity contribution in [3.63, 3.8) is 0 Å². The van der Waals surface area contributed by atoms with Crippen LogP contribution in [0, 0.1) is 12.7 Å². The van der Waals surface area contributed by atoms with Gasteiger partial charge in [0.25, 0.3) is 0 Å². The highest BCUT2D eigenvalue weighted by atomic mass is 19.1. The molecule has 0 spiro atoms. The minimum atomic E-state index is -0.301. The summed E-state index contributed by atoms with van der Waals surface area (Å²) in [6, 6.07) is 15.5. The highest BCUT2D eigenvalue weighted by Crippen LogP contribution is 2.24. The molecule has 0 radical (unpaired) electrons. The predicted molar refractivity (Wildman–Crippen MR) is 118 cm³/mol. The third-order valence-electron chi connectivity index (χ3n) is 5.70. The summed E-state index contributed by atoms with van der Waals surface area (Å²) in [7, 11) is 0. The average molecular weight is 430 g/mol. The second-order valence-electron chi connectivity index (χ2n) is 8.05. The molecule has 1 aliphatic rings. The molecule has 0 aliphatic carbocycles. The highest BCUT2D eigenvalue weighted by Gasteiger charge is 2.23. The lowest BCUT2D eigenvalue weighted by Gasteiger charge is -2.29. The number of carbonyl (C=O) groups is 1. The van der Waals surface area contributed by atoms with Crippen LogP contribution in [0.15, 0.2) is 60.8 Å². The van der Waals surface area contributed by atoms with E-state index >= 15 is 0 Å². The fourth-order valence-electron chi connectivity index (χ4n) is 4.08. The Kier molecular flexibility index (Phi) is 5.31. The summed E-state index contributed by atoms with van der Waals surface area (Å²) in [5.41, 5.74) is 5.00. The fraction of sp³-hybridized carbons (Fsp3) is 0.240. The first-order valence-electron chi connectivity index (χ1n) is 10.7. The second-order valence-corrected chi connectivity index (χ2v) is 8.05. The fourth-order valence-corrected chi connectivity index (χ4v) is 4.08. The van der Waals surface area contributed by atoms with Crippen LogP contribution in [0.5, 0.6) is 11.5 Å². The Bertz CT molecular complexity index is 1280. The normalized spacial score (nSPS) is 13.2. The molecule has 3 heterocycles. The van der Waals surface area contributed by atoms with Crippen molar-refractivity contribution >= 4 is 11.6 Å². The van der Waals surface area contributed by atoms with Crippen LogP contribution in [0.3, 0.4) is 0 Å². The summed E-state index contributed by atoms with van der Waals surface area (Å²) in [5, 5.41) is 4.54. The molecule has 6 nitrogen and oxygen atoms in total. The Hall–Kier alpha value is -3.74. The van der Waals surface area contributed by atoms with Crippen molar-refractivity contribution in [1.82, 2.24) is 19.5 Å². The van der Waals surface area contributed by atoms with Gasteiger partial charge in [0.15, 0.2) is 5.65 Å². The van der Waals surface area contributed by atoms with E-state index in [1.165, 1.54) is 12.1 Å². The predicted octanol–water partition coefficient (Wildman–Crippen LogP) is 4.49. The molecule has 2 aromatic heterocycles. The van der Waals surface area contributed by atoms with E-state index < -0.39 is 0 Å². The van der Waals surface area contributed by atoms with Gasteiger partial charge < -0.3 is 9.64 Å². The lowest BCUT2D eigenvalue weighted by atomic mass is 10.1. The maximum Gasteiger partial charge on any atom is 0.223 e. The Morgan fingerprint density at radius 3 is 2.81 bits per heavy atom. The largest absolute Gasteiger partial charge is 0.457 e. The molecule has 0 unspecified atom stereocenters. The summed E-state index contributed by atoms with van der Waals surface area (Å²) in [5.74, 6) is 1.06. The summed E-state index contributed by atoms with van der Waals surface area (Å²) in [6.07, 6.45) is 3.67. The topological polar surface area (TPSA) is 59.7 Å². The van der Waals surface area contributed by atoms with Gasteiger partial charge >= 0.3 is 0 Å². The second kappa shape index (κ2) is 8.42. The van der Waals surface area contributed by atoms with E-state index in [0.29, 0.717) is 37.4 Å². The maximum atomic E-state index is 13.1. The van der Waals surface area contributed by atoms with Gasteiger partial charge in [0.2, 0.25) is 5.91 Å². The molecule has 0 N–H and O–H groups in total. The third-order valence-corrected chi connectivity index (χ3v) is 5.70. The minimum absolute atomic E-state index is 0.122. The standard InChI is InChI=1S/C25H23FN4O2/c1-17-13-24-27-15-19-16-29(12-11-23(19)30(24)28-17)25(31)10-5-18-3-2-4-22(14-18)32-21-8-6-20(26)7-9-21/h2-4,6-9,13-15H,5,10-12,16H2,1H3. The van der Waals surface area contributed by atoms with Gasteiger partial charge in [-0.2, -0.15) is 5.10 Å². The first kappa shape index (κ1) is 20.2. The number of aromatic nitrogens is 3. The summed E-state index contributed by atoms with van der Waals surface area (Å²) in [6.45, 7) is 3.20. The van der Waals surface area contributed by atoms with E-state index in [0.717, 1.165) is 34.6 Å². The zero-order valence-electron chi connectivity index (χ0n) is 17.8. The SMILES string of the molecule is Cc1cc2ncc3c(n2n1)CCN(C(=O)CCc1cccc(Oc2ccc(F)cc2)c1)C3. The van der Waals surface area contributed by atoms with E-state index in [9.17, 15) is 9.18 Å². The molecule has 0 saturated carbocycles. The number of hydrogen-bond acceptors (Lipinski definition) is 4. The lowest BCUT2D eigenvalue weighted by molar-refractivity contribution is -0.132. The van der Waals surface area contributed by atoms with Crippen molar-refractivity contribution in [3.8, 4) is 11.5 Å². The Labute approximate surface area is 185 Å². The smallest absolute Gasteiger partial charge is 0.223 e. The third kappa shape index (κ3) is 4.19. The first-order valence-corrected chi connectivity index (χ1v) is 10.7. The number of nitrogens with zero attached hydrogens (tertiary/aromatic N) is 4. The molecular formula is C25H23FN4O2. The van der Waals surface area contributed by atoms with Gasteiger partial charge in [0.1, 0.15) is 17.3 Å². The molecule has 32 heavy (non-hydrogen) atoms. The number of ether oxygens (including phenoxy) is 1. The molecule has 4 aromatic rings. The van der Waals surface area contributed by atoms with Crippen LogP contribution in [0.25, 0.3) is 5.65 Å². The number of fused-ring (bicyclic) bond motifs is 3. The molecule has 162 valence electrons. The number of amides is 1. The van der Waals surface area contributed by atoms with Crippen LogP contribution in [-0.4, -0.2) is 31.9 Å². The summed E-state index contributed by atoms with van der Waals surface area (Å²) >= 11 is 0. The summed E-state index contributed by atoms with van der Waals surface area (Å²) in [4.78, 5) is 19.2. The molecular weight excluding hydrogens is 407 g/mol. The van der Waals surface area contributed by atoms with Crippen LogP contribution in [0.4, 0.5) is 4.39 Å². The minimum Gasteiger partial charge on any atom is -0.457 e. The van der Waals surface area contributed by atoms with Gasteiger partial charge in [-0.25, -0.2) is 13.9 Å². The van der Waals surface area contributed by atoms with E-state index in [2.05, 4.69) is 10.1 Å². The molecule has 5 rings (SSSR count). The molecule has 7 heteroatoms. The molecule has 2 aromatic carbocycles. The van der Waals surface area contributed by atoms with E-state index in [1.54, 1.807) is 12.1 Å². The average Bonchev–Trinajstić information content (AvgIpc) is 3.19. The zero-order chi connectivity index (χ0) is 22.1. The molecule has 1 aliphatic heterocycles. The van der Waals surface area contributed by atoms with Gasteiger partial charge in [-0.3, -0.25) is 4.79 Å². The van der Waals surface area contributed by atoms with Crippen molar-refractivity contribution in [2.24, 2.45) is 0 Å².